The lowest BCUT2D eigenvalue weighted by Gasteiger charge is -2.21. The van der Waals surface area contributed by atoms with E-state index in [1.165, 1.54) is 9.47 Å². The standard InChI is InChI=1S/C25H29N3O5/c1-17-6-5-7-19(14-17)27(3)24(30)15-28-23(26-18(2)22(12-13-29)25(28)31)16-33-21-10-8-20(32-4)9-11-21/h5-11,14,29H,12-13,15-16H2,1-4H3. The second kappa shape index (κ2) is 10.8. The van der Waals surface area contributed by atoms with Gasteiger partial charge in [-0.05, 0) is 55.8 Å². The molecule has 0 aliphatic carbocycles. The van der Waals surface area contributed by atoms with Crippen molar-refractivity contribution in [3.05, 3.63) is 81.5 Å². The van der Waals surface area contributed by atoms with Gasteiger partial charge in [0.15, 0.2) is 0 Å². The molecule has 0 spiro atoms. The summed E-state index contributed by atoms with van der Waals surface area (Å²) in [6.45, 7) is 3.29. The van der Waals surface area contributed by atoms with Crippen LogP contribution in [0.1, 0.15) is 22.6 Å². The Morgan fingerprint density at radius 2 is 1.82 bits per heavy atom. The number of aryl methyl sites for hydroxylation is 2. The molecular weight excluding hydrogens is 422 g/mol. The molecule has 1 amide bonds. The summed E-state index contributed by atoms with van der Waals surface area (Å²) in [7, 11) is 3.26. The van der Waals surface area contributed by atoms with Crippen molar-refractivity contribution in [1.29, 1.82) is 0 Å². The van der Waals surface area contributed by atoms with E-state index < -0.39 is 0 Å². The molecule has 1 N–H and O–H groups in total. The molecule has 2 aromatic carbocycles. The van der Waals surface area contributed by atoms with Crippen LogP contribution < -0.4 is 19.9 Å². The van der Waals surface area contributed by atoms with Crippen LogP contribution in [0.2, 0.25) is 0 Å². The average Bonchev–Trinajstić information content (AvgIpc) is 2.82. The highest BCUT2D eigenvalue weighted by atomic mass is 16.5. The monoisotopic (exact) mass is 451 g/mol. The third-order valence-electron chi connectivity index (χ3n) is 5.39. The van der Waals surface area contributed by atoms with E-state index in [1.54, 1.807) is 45.3 Å². The van der Waals surface area contributed by atoms with Gasteiger partial charge in [-0.25, -0.2) is 4.98 Å². The zero-order chi connectivity index (χ0) is 24.0. The molecule has 0 aliphatic rings. The highest BCUT2D eigenvalue weighted by Gasteiger charge is 2.19. The SMILES string of the molecule is COc1ccc(OCc2nc(C)c(CCO)c(=O)n2CC(=O)N(C)c2cccc(C)c2)cc1. The summed E-state index contributed by atoms with van der Waals surface area (Å²) in [5.74, 6) is 1.35. The molecule has 3 rings (SSSR count). The number of likely N-dealkylation sites (N-methyl/N-ethyl adjacent to an activating group) is 1. The first-order valence-corrected chi connectivity index (χ1v) is 10.6. The van der Waals surface area contributed by atoms with E-state index in [-0.39, 0.29) is 37.6 Å². The molecule has 3 aromatic rings. The van der Waals surface area contributed by atoms with Crippen molar-refractivity contribution in [3.8, 4) is 11.5 Å². The summed E-state index contributed by atoms with van der Waals surface area (Å²) >= 11 is 0. The smallest absolute Gasteiger partial charge is 0.257 e. The number of carbonyl (C=O) groups excluding carboxylic acids is 1. The summed E-state index contributed by atoms with van der Waals surface area (Å²) in [5.41, 5.74) is 2.31. The number of aliphatic hydroxyl groups is 1. The number of ether oxygens (including phenoxy) is 2. The van der Waals surface area contributed by atoms with Gasteiger partial charge in [-0.3, -0.25) is 14.2 Å². The van der Waals surface area contributed by atoms with E-state index in [0.717, 1.165) is 11.3 Å². The largest absolute Gasteiger partial charge is 0.497 e. The molecule has 0 radical (unpaired) electrons. The Balaban J connectivity index is 1.90. The topological polar surface area (TPSA) is 93.9 Å². The van der Waals surface area contributed by atoms with Gasteiger partial charge in [-0.2, -0.15) is 0 Å². The number of methoxy groups -OCH3 is 1. The van der Waals surface area contributed by atoms with Crippen molar-refractivity contribution in [2.45, 2.75) is 33.4 Å². The van der Waals surface area contributed by atoms with Gasteiger partial charge in [-0.15, -0.1) is 0 Å². The first-order valence-electron chi connectivity index (χ1n) is 10.6. The minimum atomic E-state index is -0.351. The Morgan fingerprint density at radius 1 is 1.12 bits per heavy atom. The maximum Gasteiger partial charge on any atom is 0.257 e. The van der Waals surface area contributed by atoms with Crippen LogP contribution >= 0.6 is 0 Å². The summed E-state index contributed by atoms with van der Waals surface area (Å²) < 4.78 is 12.3. The van der Waals surface area contributed by atoms with Gasteiger partial charge in [0.2, 0.25) is 5.91 Å². The predicted octanol–water partition coefficient (Wildman–Crippen LogP) is 2.65. The molecular formula is C25H29N3O5. The number of amides is 1. The van der Waals surface area contributed by atoms with Crippen molar-refractivity contribution in [1.82, 2.24) is 9.55 Å². The second-order valence-corrected chi connectivity index (χ2v) is 7.71. The highest BCUT2D eigenvalue weighted by molar-refractivity contribution is 5.92. The van der Waals surface area contributed by atoms with Gasteiger partial charge in [-0.1, -0.05) is 12.1 Å². The van der Waals surface area contributed by atoms with E-state index in [2.05, 4.69) is 4.98 Å². The molecule has 0 bridgehead atoms. The number of anilines is 1. The fourth-order valence-corrected chi connectivity index (χ4v) is 3.47. The van der Waals surface area contributed by atoms with Crippen molar-refractivity contribution < 1.29 is 19.4 Å². The summed E-state index contributed by atoms with van der Waals surface area (Å²) in [6, 6.07) is 14.6. The molecule has 0 saturated carbocycles. The van der Waals surface area contributed by atoms with Crippen molar-refractivity contribution in [3.63, 3.8) is 0 Å². The average molecular weight is 452 g/mol. The molecule has 174 valence electrons. The highest BCUT2D eigenvalue weighted by Crippen LogP contribution is 2.19. The Labute approximate surface area is 193 Å². The molecule has 0 aliphatic heterocycles. The number of aromatic nitrogens is 2. The number of hydrogen-bond acceptors (Lipinski definition) is 6. The Hall–Kier alpha value is -3.65. The summed E-state index contributed by atoms with van der Waals surface area (Å²) in [4.78, 5) is 32.3. The van der Waals surface area contributed by atoms with Crippen molar-refractivity contribution in [2.24, 2.45) is 0 Å². The fraction of sp³-hybridized carbons (Fsp3) is 0.320. The lowest BCUT2D eigenvalue weighted by atomic mass is 10.1. The fourth-order valence-electron chi connectivity index (χ4n) is 3.47. The maximum absolute atomic E-state index is 13.2. The molecule has 8 nitrogen and oxygen atoms in total. The van der Waals surface area contributed by atoms with E-state index in [0.29, 0.717) is 28.6 Å². The van der Waals surface area contributed by atoms with Gasteiger partial charge in [0, 0.05) is 37.0 Å². The normalized spacial score (nSPS) is 10.7. The molecule has 1 heterocycles. The number of carbonyl (C=O) groups is 1. The zero-order valence-corrected chi connectivity index (χ0v) is 19.4. The third-order valence-corrected chi connectivity index (χ3v) is 5.39. The van der Waals surface area contributed by atoms with Crippen molar-refractivity contribution in [2.75, 3.05) is 25.7 Å². The molecule has 33 heavy (non-hydrogen) atoms. The molecule has 8 heteroatoms. The Bertz CT molecular complexity index is 1170. The minimum absolute atomic E-state index is 0.00323. The lowest BCUT2D eigenvalue weighted by Crippen LogP contribution is -2.38. The predicted molar refractivity (Wildman–Crippen MR) is 126 cm³/mol. The quantitative estimate of drug-likeness (QED) is 0.538. The van der Waals surface area contributed by atoms with E-state index >= 15 is 0 Å². The van der Waals surface area contributed by atoms with Crippen LogP contribution in [0.4, 0.5) is 5.69 Å². The van der Waals surface area contributed by atoms with Gasteiger partial charge in [0.1, 0.15) is 30.5 Å². The second-order valence-electron chi connectivity index (χ2n) is 7.71. The maximum atomic E-state index is 13.2. The molecule has 0 unspecified atom stereocenters. The molecule has 1 aromatic heterocycles. The van der Waals surface area contributed by atoms with Gasteiger partial charge in [0.05, 0.1) is 7.11 Å². The number of hydrogen-bond donors (Lipinski definition) is 1. The van der Waals surface area contributed by atoms with E-state index in [1.807, 2.05) is 31.2 Å². The Kier molecular flexibility index (Phi) is 7.84. The van der Waals surface area contributed by atoms with Gasteiger partial charge < -0.3 is 19.5 Å². The van der Waals surface area contributed by atoms with Crippen LogP contribution in [0.25, 0.3) is 0 Å². The van der Waals surface area contributed by atoms with Gasteiger partial charge in [0.25, 0.3) is 5.56 Å². The molecule has 0 atom stereocenters. The van der Waals surface area contributed by atoms with Crippen LogP contribution in [-0.4, -0.2) is 41.3 Å². The molecule has 0 saturated heterocycles. The van der Waals surface area contributed by atoms with Crippen LogP contribution in [-0.2, 0) is 24.4 Å². The zero-order valence-electron chi connectivity index (χ0n) is 19.4. The third kappa shape index (κ3) is 5.78. The van der Waals surface area contributed by atoms with Crippen molar-refractivity contribution >= 4 is 11.6 Å². The molecule has 0 fully saturated rings. The Morgan fingerprint density at radius 3 is 2.45 bits per heavy atom. The lowest BCUT2D eigenvalue weighted by molar-refractivity contribution is -0.119. The van der Waals surface area contributed by atoms with Crippen LogP contribution in [0.5, 0.6) is 11.5 Å². The first-order chi connectivity index (χ1) is 15.8. The summed E-state index contributed by atoms with van der Waals surface area (Å²) in [6.07, 6.45) is 0.166. The van der Waals surface area contributed by atoms with Crippen LogP contribution in [0, 0.1) is 13.8 Å². The number of benzene rings is 2. The van der Waals surface area contributed by atoms with Gasteiger partial charge >= 0.3 is 0 Å². The van der Waals surface area contributed by atoms with Crippen LogP contribution in [0.3, 0.4) is 0 Å². The minimum Gasteiger partial charge on any atom is -0.497 e. The van der Waals surface area contributed by atoms with E-state index in [9.17, 15) is 14.7 Å². The number of nitrogens with zero attached hydrogens (tertiary/aromatic N) is 3. The summed E-state index contributed by atoms with van der Waals surface area (Å²) in [5, 5.41) is 9.38. The van der Waals surface area contributed by atoms with E-state index in [4.69, 9.17) is 9.47 Å². The first kappa shape index (κ1) is 24.0. The van der Waals surface area contributed by atoms with Crippen LogP contribution in [0.15, 0.2) is 53.3 Å². The number of aliphatic hydroxyl groups excluding tert-OH is 1. The number of rotatable bonds is 9.